The second kappa shape index (κ2) is 12.1. The third-order valence-electron chi connectivity index (χ3n) is 6.90. The quantitative estimate of drug-likeness (QED) is 0.308. The predicted octanol–water partition coefficient (Wildman–Crippen LogP) is 6.54. The van der Waals surface area contributed by atoms with E-state index in [4.69, 9.17) is 16.3 Å². The molecule has 2 atom stereocenters. The molecule has 2 aromatic carbocycles. The van der Waals surface area contributed by atoms with Crippen molar-refractivity contribution in [3.63, 3.8) is 0 Å². The molecular weight excluding hydrogens is 511 g/mol. The third-order valence-corrected chi connectivity index (χ3v) is 8.32. The van der Waals surface area contributed by atoms with E-state index in [1.807, 2.05) is 44.4 Å². The van der Waals surface area contributed by atoms with Gasteiger partial charge in [-0.2, -0.15) is 0 Å². The Kier molecular flexibility index (Phi) is 8.87. The zero-order chi connectivity index (χ0) is 26.5. The van der Waals surface area contributed by atoms with Gasteiger partial charge in [0.1, 0.15) is 24.7 Å². The number of ether oxygens (including phenoxy) is 1. The number of carbonyl (C=O) groups is 2. The summed E-state index contributed by atoms with van der Waals surface area (Å²) in [6, 6.07) is 13.2. The maximum absolute atomic E-state index is 14.5. The van der Waals surface area contributed by atoms with Gasteiger partial charge in [0.05, 0.1) is 11.6 Å². The standard InChI is InChI=1S/C29H32ClFN2O3S/c1-4-19(2)16-32(29(35)22-7-5-6-8-25(22)31)17-28(34)33-13-11-27-23(12-14-37-27)26(33)18-36-21-9-10-24(30)20(3)15-21/h5-10,12,14-15,19,26H,4,11,13,16-18H2,1-3H3. The largest absolute Gasteiger partial charge is 0.491 e. The summed E-state index contributed by atoms with van der Waals surface area (Å²) in [5, 5.41) is 2.71. The number of amides is 2. The van der Waals surface area contributed by atoms with E-state index in [9.17, 15) is 14.0 Å². The number of hydrogen-bond donors (Lipinski definition) is 0. The highest BCUT2D eigenvalue weighted by Gasteiger charge is 2.34. The number of rotatable bonds is 9. The van der Waals surface area contributed by atoms with Gasteiger partial charge in [-0.1, -0.05) is 44.0 Å². The normalized spacial score (nSPS) is 15.7. The SMILES string of the molecule is CCC(C)CN(CC(=O)N1CCc2sccc2C1COc1ccc(Cl)c(C)c1)C(=O)c1ccccc1F. The van der Waals surface area contributed by atoms with Crippen molar-refractivity contribution in [1.82, 2.24) is 9.80 Å². The van der Waals surface area contributed by atoms with Crippen LogP contribution in [-0.4, -0.2) is 47.9 Å². The minimum Gasteiger partial charge on any atom is -0.491 e. The Morgan fingerprint density at radius 3 is 2.76 bits per heavy atom. The lowest BCUT2D eigenvalue weighted by Gasteiger charge is -2.37. The van der Waals surface area contributed by atoms with Gasteiger partial charge in [-0.25, -0.2) is 4.39 Å². The van der Waals surface area contributed by atoms with Gasteiger partial charge in [-0.3, -0.25) is 9.59 Å². The molecule has 0 saturated carbocycles. The van der Waals surface area contributed by atoms with E-state index in [1.54, 1.807) is 34.4 Å². The van der Waals surface area contributed by atoms with Gasteiger partial charge in [0, 0.05) is 23.0 Å². The highest BCUT2D eigenvalue weighted by Crippen LogP contribution is 2.34. The Hall–Kier alpha value is -2.90. The van der Waals surface area contributed by atoms with E-state index in [0.717, 1.165) is 24.0 Å². The Labute approximate surface area is 226 Å². The number of aryl methyl sites for hydroxylation is 1. The number of thiophene rings is 1. The van der Waals surface area contributed by atoms with Gasteiger partial charge in [0.25, 0.3) is 5.91 Å². The second-order valence-corrected chi connectivity index (χ2v) is 11.0. The number of halogens is 2. The van der Waals surface area contributed by atoms with Crippen LogP contribution in [0, 0.1) is 18.7 Å². The van der Waals surface area contributed by atoms with Crippen LogP contribution in [0.4, 0.5) is 4.39 Å². The van der Waals surface area contributed by atoms with Gasteiger partial charge in [-0.05, 0) is 72.2 Å². The summed E-state index contributed by atoms with van der Waals surface area (Å²) >= 11 is 7.84. The average molecular weight is 543 g/mol. The second-order valence-electron chi connectivity index (χ2n) is 9.55. The van der Waals surface area contributed by atoms with Crippen molar-refractivity contribution in [3.8, 4) is 5.75 Å². The first-order chi connectivity index (χ1) is 17.8. The minimum atomic E-state index is -0.584. The molecule has 0 saturated heterocycles. The topological polar surface area (TPSA) is 49.9 Å². The molecule has 0 aliphatic carbocycles. The van der Waals surface area contributed by atoms with Crippen LogP contribution >= 0.6 is 22.9 Å². The van der Waals surface area contributed by atoms with Crippen molar-refractivity contribution in [2.75, 3.05) is 26.2 Å². The maximum Gasteiger partial charge on any atom is 0.257 e. The fourth-order valence-corrected chi connectivity index (χ4v) is 5.59. The van der Waals surface area contributed by atoms with Gasteiger partial charge < -0.3 is 14.5 Å². The van der Waals surface area contributed by atoms with Crippen LogP contribution in [0.5, 0.6) is 5.75 Å². The average Bonchev–Trinajstić information content (AvgIpc) is 3.37. The van der Waals surface area contributed by atoms with E-state index in [1.165, 1.54) is 21.9 Å². The molecule has 3 aromatic rings. The van der Waals surface area contributed by atoms with Crippen LogP contribution in [0.3, 0.4) is 0 Å². The van der Waals surface area contributed by atoms with E-state index in [2.05, 4.69) is 0 Å². The molecule has 0 N–H and O–H groups in total. The van der Waals surface area contributed by atoms with Crippen LogP contribution < -0.4 is 4.74 Å². The van der Waals surface area contributed by atoms with Crippen LogP contribution in [0.15, 0.2) is 53.9 Å². The van der Waals surface area contributed by atoms with Crippen molar-refractivity contribution < 1.29 is 18.7 Å². The van der Waals surface area contributed by atoms with Gasteiger partial charge in [0.2, 0.25) is 5.91 Å². The minimum absolute atomic E-state index is 0.0182. The van der Waals surface area contributed by atoms with Crippen molar-refractivity contribution in [2.24, 2.45) is 5.92 Å². The summed E-state index contributed by atoms with van der Waals surface area (Å²) < 4.78 is 20.6. The number of benzene rings is 2. The van der Waals surface area contributed by atoms with Crippen molar-refractivity contribution >= 4 is 34.8 Å². The summed E-state index contributed by atoms with van der Waals surface area (Å²) in [4.78, 5) is 31.6. The van der Waals surface area contributed by atoms with Crippen molar-refractivity contribution in [3.05, 3.63) is 86.3 Å². The molecule has 2 unspecified atom stereocenters. The Morgan fingerprint density at radius 1 is 1.24 bits per heavy atom. The predicted molar refractivity (Wildman–Crippen MR) is 146 cm³/mol. The number of hydrogen-bond acceptors (Lipinski definition) is 4. The van der Waals surface area contributed by atoms with E-state index in [-0.39, 0.29) is 36.6 Å². The molecule has 5 nitrogen and oxygen atoms in total. The molecule has 0 radical (unpaired) electrons. The van der Waals surface area contributed by atoms with Gasteiger partial charge >= 0.3 is 0 Å². The van der Waals surface area contributed by atoms with Crippen LogP contribution in [-0.2, 0) is 11.2 Å². The molecule has 2 amide bonds. The zero-order valence-corrected chi connectivity index (χ0v) is 22.9. The van der Waals surface area contributed by atoms with Gasteiger partial charge in [0.15, 0.2) is 0 Å². The van der Waals surface area contributed by atoms with E-state index >= 15 is 0 Å². The molecule has 1 aliphatic rings. The van der Waals surface area contributed by atoms with Crippen LogP contribution in [0.2, 0.25) is 5.02 Å². The first kappa shape index (κ1) is 27.1. The van der Waals surface area contributed by atoms with Crippen molar-refractivity contribution in [2.45, 2.75) is 39.7 Å². The molecule has 4 rings (SSSR count). The first-order valence-corrected chi connectivity index (χ1v) is 13.8. The zero-order valence-electron chi connectivity index (χ0n) is 21.4. The summed E-state index contributed by atoms with van der Waals surface area (Å²) in [5.74, 6) is -0.375. The first-order valence-electron chi connectivity index (χ1n) is 12.6. The monoisotopic (exact) mass is 542 g/mol. The van der Waals surface area contributed by atoms with Crippen LogP contribution in [0.1, 0.15) is 52.7 Å². The number of carbonyl (C=O) groups excluding carboxylic acids is 2. The Balaban J connectivity index is 1.56. The molecule has 0 bridgehead atoms. The van der Waals surface area contributed by atoms with Crippen LogP contribution in [0.25, 0.3) is 0 Å². The molecule has 8 heteroatoms. The highest BCUT2D eigenvalue weighted by atomic mass is 35.5. The molecule has 2 heterocycles. The number of nitrogens with zero attached hydrogens (tertiary/aromatic N) is 2. The smallest absolute Gasteiger partial charge is 0.257 e. The summed E-state index contributed by atoms with van der Waals surface area (Å²) in [6.07, 6.45) is 1.59. The fourth-order valence-electron chi connectivity index (χ4n) is 4.54. The van der Waals surface area contributed by atoms with E-state index in [0.29, 0.717) is 23.9 Å². The Bertz CT molecular complexity index is 1260. The molecule has 0 fully saturated rings. The molecular formula is C29H32ClFN2O3S. The summed E-state index contributed by atoms with van der Waals surface area (Å²) in [7, 11) is 0. The van der Waals surface area contributed by atoms with E-state index < -0.39 is 11.7 Å². The third kappa shape index (κ3) is 6.33. The number of fused-ring (bicyclic) bond motifs is 1. The lowest BCUT2D eigenvalue weighted by atomic mass is 10.00. The lowest BCUT2D eigenvalue weighted by Crippen LogP contribution is -2.48. The summed E-state index contributed by atoms with van der Waals surface area (Å²) in [5.41, 5.74) is 1.97. The summed E-state index contributed by atoms with van der Waals surface area (Å²) in [6.45, 7) is 7.04. The Morgan fingerprint density at radius 2 is 2.03 bits per heavy atom. The van der Waals surface area contributed by atoms with Gasteiger partial charge in [-0.15, -0.1) is 11.3 Å². The molecule has 37 heavy (non-hydrogen) atoms. The lowest BCUT2D eigenvalue weighted by molar-refractivity contribution is -0.135. The molecule has 1 aromatic heterocycles. The molecule has 196 valence electrons. The highest BCUT2D eigenvalue weighted by molar-refractivity contribution is 7.10. The van der Waals surface area contributed by atoms with Crippen molar-refractivity contribution in [1.29, 1.82) is 0 Å². The molecule has 0 spiro atoms. The fraction of sp³-hybridized carbons (Fsp3) is 0.379. The maximum atomic E-state index is 14.5. The molecule has 1 aliphatic heterocycles.